The monoisotopic (exact) mass is 378 g/mol. The number of amides is 1. The molecular formula is C23H42N2O2. The van der Waals surface area contributed by atoms with Crippen molar-refractivity contribution < 1.29 is 10.0 Å². The summed E-state index contributed by atoms with van der Waals surface area (Å²) in [6.45, 7) is 7.53. The SMILES string of the molecule is CC(C)(C)CCCNC(=O)CC1CC2(CCCCC2)N(O)C12CCCCC2. The number of nitrogens with one attached hydrogen (secondary N) is 1. The quantitative estimate of drug-likeness (QED) is 0.627. The summed E-state index contributed by atoms with van der Waals surface area (Å²) in [5.74, 6) is 0.503. The zero-order chi connectivity index (χ0) is 19.5. The molecule has 0 aromatic heterocycles. The molecule has 1 aliphatic heterocycles. The molecule has 2 spiro atoms. The lowest BCUT2D eigenvalue weighted by Crippen LogP contribution is -2.55. The summed E-state index contributed by atoms with van der Waals surface area (Å²) in [6.07, 6.45) is 15.5. The highest BCUT2D eigenvalue weighted by Gasteiger charge is 2.60. The molecule has 0 bridgehead atoms. The molecule has 1 unspecified atom stereocenters. The van der Waals surface area contributed by atoms with Gasteiger partial charge < -0.3 is 10.5 Å². The van der Waals surface area contributed by atoms with Crippen LogP contribution in [0, 0.1) is 11.3 Å². The number of hydrogen-bond donors (Lipinski definition) is 2. The predicted octanol–water partition coefficient (Wildman–Crippen LogP) is 5.44. The highest BCUT2D eigenvalue weighted by atomic mass is 16.5. The molecule has 0 radical (unpaired) electrons. The fraction of sp³-hybridized carbons (Fsp3) is 0.957. The van der Waals surface area contributed by atoms with E-state index in [1.165, 1.54) is 38.5 Å². The topological polar surface area (TPSA) is 52.6 Å². The molecule has 1 heterocycles. The van der Waals surface area contributed by atoms with Crippen molar-refractivity contribution in [2.45, 2.75) is 122 Å². The van der Waals surface area contributed by atoms with Crippen LogP contribution in [0.4, 0.5) is 0 Å². The molecule has 0 aromatic carbocycles. The van der Waals surface area contributed by atoms with E-state index in [-0.39, 0.29) is 17.0 Å². The molecule has 27 heavy (non-hydrogen) atoms. The van der Waals surface area contributed by atoms with Gasteiger partial charge in [-0.3, -0.25) is 4.79 Å². The second kappa shape index (κ2) is 8.41. The van der Waals surface area contributed by atoms with E-state index in [2.05, 4.69) is 26.1 Å². The third-order valence-electron chi connectivity index (χ3n) is 7.62. The van der Waals surface area contributed by atoms with E-state index >= 15 is 0 Å². The van der Waals surface area contributed by atoms with E-state index in [0.29, 0.717) is 17.8 Å². The minimum Gasteiger partial charge on any atom is -0.356 e. The Morgan fingerprint density at radius 1 is 1.04 bits per heavy atom. The van der Waals surface area contributed by atoms with Crippen molar-refractivity contribution in [2.24, 2.45) is 11.3 Å². The predicted molar refractivity (Wildman–Crippen MR) is 110 cm³/mol. The summed E-state index contributed by atoms with van der Waals surface area (Å²) >= 11 is 0. The normalized spacial score (nSPS) is 27.9. The highest BCUT2D eigenvalue weighted by Crippen LogP contribution is 2.56. The van der Waals surface area contributed by atoms with Gasteiger partial charge in [0.25, 0.3) is 0 Å². The van der Waals surface area contributed by atoms with Crippen LogP contribution >= 0.6 is 0 Å². The average molecular weight is 379 g/mol. The number of hydroxylamine groups is 2. The maximum atomic E-state index is 12.7. The van der Waals surface area contributed by atoms with Gasteiger partial charge in [0, 0.05) is 18.5 Å². The standard InChI is InChI=1S/C23H42N2O2/c1-21(2,3)11-10-16-24-20(26)17-19-18-22(12-6-4-7-13-22)25(27)23(19)14-8-5-9-15-23/h19,27H,4-18H2,1-3H3,(H,24,26). The number of rotatable bonds is 5. The first-order valence-corrected chi connectivity index (χ1v) is 11.5. The van der Waals surface area contributed by atoms with E-state index in [1.54, 1.807) is 0 Å². The molecule has 2 saturated carbocycles. The van der Waals surface area contributed by atoms with E-state index in [1.807, 2.05) is 5.06 Å². The van der Waals surface area contributed by atoms with Crippen LogP contribution in [0.1, 0.15) is 111 Å². The van der Waals surface area contributed by atoms with Gasteiger partial charge in [-0.25, -0.2) is 0 Å². The first-order valence-electron chi connectivity index (χ1n) is 11.5. The van der Waals surface area contributed by atoms with Crippen LogP contribution < -0.4 is 5.32 Å². The summed E-state index contributed by atoms with van der Waals surface area (Å²) in [5.41, 5.74) is 0.137. The summed E-state index contributed by atoms with van der Waals surface area (Å²) in [4.78, 5) is 12.7. The molecule has 1 amide bonds. The van der Waals surface area contributed by atoms with Gasteiger partial charge in [-0.05, 0) is 56.3 Å². The van der Waals surface area contributed by atoms with Gasteiger partial charge in [0.1, 0.15) is 0 Å². The smallest absolute Gasteiger partial charge is 0.220 e. The molecule has 3 rings (SSSR count). The lowest BCUT2D eigenvalue weighted by molar-refractivity contribution is -0.232. The van der Waals surface area contributed by atoms with E-state index in [4.69, 9.17) is 0 Å². The summed E-state index contributed by atoms with van der Waals surface area (Å²) in [5, 5.41) is 16.4. The van der Waals surface area contributed by atoms with E-state index in [0.717, 1.165) is 51.5 Å². The number of hydrogen-bond acceptors (Lipinski definition) is 3. The van der Waals surface area contributed by atoms with Crippen LogP contribution in [0.5, 0.6) is 0 Å². The molecule has 4 heteroatoms. The number of nitrogens with zero attached hydrogens (tertiary/aromatic N) is 1. The Hall–Kier alpha value is -0.610. The second-order valence-electron chi connectivity index (χ2n) is 10.9. The van der Waals surface area contributed by atoms with Crippen molar-refractivity contribution in [1.82, 2.24) is 10.4 Å². The fourth-order valence-corrected chi connectivity index (χ4v) is 6.19. The van der Waals surface area contributed by atoms with Gasteiger partial charge in [0.2, 0.25) is 5.91 Å². The molecule has 0 aromatic rings. The summed E-state index contributed by atoms with van der Waals surface area (Å²) in [6, 6.07) is 0. The van der Waals surface area contributed by atoms with Gasteiger partial charge in [-0.2, -0.15) is 5.06 Å². The third-order valence-corrected chi connectivity index (χ3v) is 7.62. The van der Waals surface area contributed by atoms with Gasteiger partial charge in [0.05, 0.1) is 5.54 Å². The molecule has 1 atom stereocenters. The Kier molecular flexibility index (Phi) is 6.57. The second-order valence-corrected chi connectivity index (χ2v) is 10.9. The molecular weight excluding hydrogens is 336 g/mol. The highest BCUT2D eigenvalue weighted by molar-refractivity contribution is 5.76. The van der Waals surface area contributed by atoms with Crippen molar-refractivity contribution in [1.29, 1.82) is 0 Å². The van der Waals surface area contributed by atoms with Crippen molar-refractivity contribution >= 4 is 5.91 Å². The lowest BCUT2D eigenvalue weighted by atomic mass is 9.71. The number of carbonyl (C=O) groups is 1. The van der Waals surface area contributed by atoms with Crippen molar-refractivity contribution in [3.63, 3.8) is 0 Å². The van der Waals surface area contributed by atoms with E-state index in [9.17, 15) is 10.0 Å². The molecule has 2 aliphatic carbocycles. The molecule has 156 valence electrons. The Morgan fingerprint density at radius 2 is 1.63 bits per heavy atom. The van der Waals surface area contributed by atoms with Crippen LogP contribution in [0.25, 0.3) is 0 Å². The first-order chi connectivity index (χ1) is 12.8. The Balaban J connectivity index is 1.62. The van der Waals surface area contributed by atoms with Crippen LogP contribution in [0.15, 0.2) is 0 Å². The molecule has 2 N–H and O–H groups in total. The van der Waals surface area contributed by atoms with Crippen molar-refractivity contribution in [3.05, 3.63) is 0 Å². The maximum Gasteiger partial charge on any atom is 0.220 e. The largest absolute Gasteiger partial charge is 0.356 e. The zero-order valence-corrected chi connectivity index (χ0v) is 18.0. The minimum absolute atomic E-state index is 0.0488. The number of carbonyl (C=O) groups excluding carboxylic acids is 1. The molecule has 3 fully saturated rings. The minimum atomic E-state index is -0.141. The van der Waals surface area contributed by atoms with Gasteiger partial charge in [-0.1, -0.05) is 59.3 Å². The Bertz CT molecular complexity index is 499. The first kappa shape index (κ1) is 21.1. The lowest BCUT2D eigenvalue weighted by Gasteiger charge is -2.47. The molecule has 1 saturated heterocycles. The van der Waals surface area contributed by atoms with Crippen molar-refractivity contribution in [2.75, 3.05) is 6.54 Å². The van der Waals surface area contributed by atoms with Gasteiger partial charge in [0.15, 0.2) is 0 Å². The zero-order valence-electron chi connectivity index (χ0n) is 18.0. The van der Waals surface area contributed by atoms with Gasteiger partial charge >= 0.3 is 0 Å². The average Bonchev–Trinajstić information content (AvgIpc) is 2.82. The van der Waals surface area contributed by atoms with Gasteiger partial charge in [-0.15, -0.1) is 0 Å². The summed E-state index contributed by atoms with van der Waals surface area (Å²) < 4.78 is 0. The maximum absolute atomic E-state index is 12.7. The Labute approximate surface area is 166 Å². The van der Waals surface area contributed by atoms with Crippen LogP contribution in [-0.4, -0.2) is 33.8 Å². The molecule has 4 nitrogen and oxygen atoms in total. The van der Waals surface area contributed by atoms with Crippen molar-refractivity contribution in [3.8, 4) is 0 Å². The van der Waals surface area contributed by atoms with Crippen LogP contribution in [-0.2, 0) is 4.79 Å². The molecule has 3 aliphatic rings. The van der Waals surface area contributed by atoms with Crippen LogP contribution in [0.3, 0.4) is 0 Å². The van der Waals surface area contributed by atoms with E-state index < -0.39 is 0 Å². The fourth-order valence-electron chi connectivity index (χ4n) is 6.19. The van der Waals surface area contributed by atoms with Crippen LogP contribution in [0.2, 0.25) is 0 Å². The Morgan fingerprint density at radius 3 is 2.22 bits per heavy atom. The summed E-state index contributed by atoms with van der Waals surface area (Å²) in [7, 11) is 0. The third kappa shape index (κ3) is 4.70.